The zero-order valence-corrected chi connectivity index (χ0v) is 19.9. The number of hydrogen-bond acceptors (Lipinski definition) is 3. The third-order valence-electron chi connectivity index (χ3n) is 7.60. The summed E-state index contributed by atoms with van der Waals surface area (Å²) in [6.45, 7) is 0.632. The van der Waals surface area contributed by atoms with E-state index < -0.39 is 5.97 Å². The van der Waals surface area contributed by atoms with E-state index in [0.717, 1.165) is 52.6 Å². The molecule has 5 nitrogen and oxygen atoms in total. The highest BCUT2D eigenvalue weighted by molar-refractivity contribution is 7.17. The lowest BCUT2D eigenvalue weighted by molar-refractivity contribution is -0.155. The molecule has 0 atom stereocenters. The number of carbonyl (C=O) groups is 2. The molecule has 2 saturated carbocycles. The fraction of sp³-hybridized carbons (Fsp3) is 0.286. The molecule has 4 aromatic rings. The van der Waals surface area contributed by atoms with Crippen LogP contribution in [0.1, 0.15) is 41.6 Å². The fourth-order valence-corrected chi connectivity index (χ4v) is 6.76. The number of amides is 1. The summed E-state index contributed by atoms with van der Waals surface area (Å²) in [7, 11) is 0. The van der Waals surface area contributed by atoms with Crippen LogP contribution in [0.4, 0.5) is 4.39 Å². The summed E-state index contributed by atoms with van der Waals surface area (Å²) in [5, 5.41) is 14.2. The van der Waals surface area contributed by atoms with Gasteiger partial charge >= 0.3 is 5.97 Å². The zero-order chi connectivity index (χ0) is 24.2. The van der Waals surface area contributed by atoms with E-state index in [2.05, 4.69) is 9.88 Å². The Labute approximate surface area is 206 Å². The van der Waals surface area contributed by atoms with Crippen molar-refractivity contribution < 1.29 is 19.1 Å². The van der Waals surface area contributed by atoms with Crippen molar-refractivity contribution in [2.45, 2.75) is 38.3 Å². The van der Waals surface area contributed by atoms with Crippen molar-refractivity contribution in [3.8, 4) is 11.1 Å². The number of carboxylic acid groups (broad SMARTS) is 1. The average Bonchev–Trinajstić information content (AvgIpc) is 3.38. The van der Waals surface area contributed by atoms with Crippen molar-refractivity contribution >= 4 is 33.4 Å². The summed E-state index contributed by atoms with van der Waals surface area (Å²) in [5.74, 6) is -1.23. The molecule has 0 radical (unpaired) electrons. The predicted molar refractivity (Wildman–Crippen MR) is 134 cm³/mol. The number of rotatable bonds is 6. The maximum absolute atomic E-state index is 13.6. The van der Waals surface area contributed by atoms with Gasteiger partial charge in [-0.2, -0.15) is 0 Å². The van der Waals surface area contributed by atoms with Crippen LogP contribution < -0.4 is 5.32 Å². The summed E-state index contributed by atoms with van der Waals surface area (Å²) in [4.78, 5) is 24.2. The van der Waals surface area contributed by atoms with Gasteiger partial charge in [0.25, 0.3) is 5.91 Å². The van der Waals surface area contributed by atoms with Gasteiger partial charge in [-0.05, 0) is 66.0 Å². The van der Waals surface area contributed by atoms with Crippen molar-refractivity contribution in [1.29, 1.82) is 0 Å². The van der Waals surface area contributed by atoms with E-state index in [1.54, 1.807) is 17.4 Å². The van der Waals surface area contributed by atoms with E-state index >= 15 is 0 Å². The van der Waals surface area contributed by atoms with Crippen LogP contribution in [0, 0.1) is 17.2 Å². The first-order valence-electron chi connectivity index (χ1n) is 11.8. The van der Waals surface area contributed by atoms with E-state index in [4.69, 9.17) is 5.11 Å². The van der Waals surface area contributed by atoms with Crippen LogP contribution in [-0.2, 0) is 11.3 Å². The molecule has 178 valence electrons. The van der Waals surface area contributed by atoms with Gasteiger partial charge in [-0.15, -0.1) is 11.3 Å². The normalized spacial score (nSPS) is 23.1. The number of thiophene rings is 1. The quantitative estimate of drug-likeness (QED) is 0.353. The predicted octanol–water partition coefficient (Wildman–Crippen LogP) is 5.93. The highest BCUT2D eigenvalue weighted by Gasteiger charge is 2.55. The number of fused-ring (bicyclic) bond motifs is 1. The number of nitrogens with one attached hydrogen (secondary N) is 1. The molecule has 0 unspecified atom stereocenters. The molecule has 2 fully saturated rings. The number of halogens is 1. The van der Waals surface area contributed by atoms with Crippen LogP contribution in [0.15, 0.2) is 66.2 Å². The van der Waals surface area contributed by atoms with Crippen LogP contribution in [0.25, 0.3) is 21.3 Å². The number of hydrogen-bond donors (Lipinski definition) is 2. The van der Waals surface area contributed by atoms with Gasteiger partial charge in [-0.1, -0.05) is 36.4 Å². The molecule has 0 saturated heterocycles. The molecular weight excluding hydrogens is 463 g/mol. The molecule has 2 aliphatic carbocycles. The van der Waals surface area contributed by atoms with Crippen molar-refractivity contribution in [3.05, 3.63) is 83.1 Å². The van der Waals surface area contributed by atoms with Crippen molar-refractivity contribution in [2.75, 3.05) is 0 Å². The summed E-state index contributed by atoms with van der Waals surface area (Å²) in [5.41, 5.74) is 4.65. The van der Waals surface area contributed by atoms with Crippen LogP contribution in [0.5, 0.6) is 0 Å². The molecule has 2 N–H and O–H groups in total. The second kappa shape index (κ2) is 8.34. The third kappa shape index (κ3) is 4.04. The van der Waals surface area contributed by atoms with Gasteiger partial charge in [-0.3, -0.25) is 9.59 Å². The van der Waals surface area contributed by atoms with E-state index in [1.807, 2.05) is 48.0 Å². The van der Waals surface area contributed by atoms with Crippen LogP contribution in [-0.4, -0.2) is 27.6 Å². The van der Waals surface area contributed by atoms with Crippen LogP contribution >= 0.6 is 11.3 Å². The topological polar surface area (TPSA) is 71.3 Å². The van der Waals surface area contributed by atoms with Crippen molar-refractivity contribution in [2.24, 2.45) is 11.3 Å². The highest BCUT2D eigenvalue weighted by atomic mass is 32.1. The largest absolute Gasteiger partial charge is 0.481 e. The minimum Gasteiger partial charge on any atom is -0.481 e. The summed E-state index contributed by atoms with van der Waals surface area (Å²) in [6.07, 6.45) is 5.22. The lowest BCUT2D eigenvalue weighted by Crippen LogP contribution is -2.57. The summed E-state index contributed by atoms with van der Waals surface area (Å²) < 4.78 is 16.7. The summed E-state index contributed by atoms with van der Waals surface area (Å²) >= 11 is 1.56. The highest BCUT2D eigenvalue weighted by Crippen LogP contribution is 2.58. The molecule has 7 heteroatoms. The summed E-state index contributed by atoms with van der Waals surface area (Å²) in [6, 6.07) is 16.8. The number of aliphatic carboxylic acids is 1. The van der Waals surface area contributed by atoms with Gasteiger partial charge in [0.15, 0.2) is 0 Å². The van der Waals surface area contributed by atoms with Crippen molar-refractivity contribution in [3.63, 3.8) is 0 Å². The Bertz CT molecular complexity index is 1420. The van der Waals surface area contributed by atoms with Gasteiger partial charge in [0.05, 0.1) is 21.7 Å². The molecule has 35 heavy (non-hydrogen) atoms. The van der Waals surface area contributed by atoms with Crippen molar-refractivity contribution in [1.82, 2.24) is 9.88 Å². The molecular formula is C28H25FN2O3S. The van der Waals surface area contributed by atoms with Gasteiger partial charge < -0.3 is 15.0 Å². The molecule has 1 amide bonds. The standard InChI is InChI=1S/C28H25FN2O3S/c29-21-3-1-2-19(10-21)18-6-4-17(5-7-18)15-31-9-8-24-25(31)23(16-35-24)26(32)30-22-13-28(14-22)11-20(12-28)27(33)34/h1-10,16,20,22H,11-15H2,(H,30,32)(H,33,34). The van der Waals surface area contributed by atoms with E-state index in [9.17, 15) is 14.0 Å². The Kier molecular flexibility index (Phi) is 5.25. The second-order valence-corrected chi connectivity index (χ2v) is 10.9. The average molecular weight is 489 g/mol. The van der Waals surface area contributed by atoms with Crippen LogP contribution in [0.2, 0.25) is 0 Å². The molecule has 2 aliphatic rings. The first-order valence-corrected chi connectivity index (χ1v) is 12.7. The number of benzene rings is 2. The molecule has 2 aromatic carbocycles. The number of carboxylic acids is 1. The van der Waals surface area contributed by atoms with Gasteiger partial charge in [-0.25, -0.2) is 4.39 Å². The Morgan fingerprint density at radius 3 is 2.54 bits per heavy atom. The third-order valence-corrected chi connectivity index (χ3v) is 8.53. The van der Waals surface area contributed by atoms with E-state index in [-0.39, 0.29) is 29.1 Å². The van der Waals surface area contributed by atoms with E-state index in [0.29, 0.717) is 12.1 Å². The molecule has 1 spiro atoms. The van der Waals surface area contributed by atoms with Gasteiger partial charge in [0, 0.05) is 24.2 Å². The molecule has 0 aliphatic heterocycles. The maximum atomic E-state index is 13.6. The first-order chi connectivity index (χ1) is 16.9. The van der Waals surface area contributed by atoms with E-state index in [1.165, 1.54) is 12.1 Å². The Hall–Kier alpha value is -3.45. The maximum Gasteiger partial charge on any atom is 0.306 e. The smallest absolute Gasteiger partial charge is 0.306 e. The Balaban J connectivity index is 1.14. The number of nitrogens with zero attached hydrogens (tertiary/aromatic N) is 1. The minimum atomic E-state index is -0.701. The second-order valence-electron chi connectivity index (χ2n) is 10.0. The number of carbonyl (C=O) groups excluding carboxylic acids is 1. The molecule has 2 heterocycles. The fourth-order valence-electron chi connectivity index (χ4n) is 5.82. The lowest BCUT2D eigenvalue weighted by Gasteiger charge is -2.56. The lowest BCUT2D eigenvalue weighted by atomic mass is 9.50. The Morgan fingerprint density at radius 1 is 1.06 bits per heavy atom. The minimum absolute atomic E-state index is 0.0633. The number of aromatic nitrogens is 1. The monoisotopic (exact) mass is 488 g/mol. The van der Waals surface area contributed by atoms with Gasteiger partial charge in [0.2, 0.25) is 0 Å². The zero-order valence-electron chi connectivity index (χ0n) is 19.0. The molecule has 0 bridgehead atoms. The van der Waals surface area contributed by atoms with Gasteiger partial charge in [0.1, 0.15) is 5.82 Å². The SMILES string of the molecule is O=C(NC1CC2(C1)CC(C(=O)O)C2)c1csc2ccn(Cc3ccc(-c4cccc(F)c4)cc3)c12. The first kappa shape index (κ1) is 22.0. The Morgan fingerprint density at radius 2 is 1.83 bits per heavy atom. The molecule has 2 aromatic heterocycles. The van der Waals surface area contributed by atoms with Crippen LogP contribution in [0.3, 0.4) is 0 Å². The molecule has 6 rings (SSSR count).